The van der Waals surface area contributed by atoms with E-state index in [1.807, 2.05) is 77.7 Å². The van der Waals surface area contributed by atoms with Gasteiger partial charge in [0.2, 0.25) is 5.91 Å². The smallest absolute Gasteiger partial charge is 0.242 e. The highest BCUT2D eigenvalue weighted by Crippen LogP contribution is 2.48. The van der Waals surface area contributed by atoms with Crippen molar-refractivity contribution in [2.45, 2.75) is 18.3 Å². The molecule has 3 nitrogen and oxygen atoms in total. The van der Waals surface area contributed by atoms with Crippen LogP contribution < -0.4 is 4.90 Å². The molecule has 1 aromatic heterocycles. The quantitative estimate of drug-likeness (QED) is 0.397. The van der Waals surface area contributed by atoms with Gasteiger partial charge < -0.3 is 0 Å². The zero-order valence-electron chi connectivity index (χ0n) is 17.0. The summed E-state index contributed by atoms with van der Waals surface area (Å²) < 4.78 is 0. The van der Waals surface area contributed by atoms with Crippen molar-refractivity contribution in [3.8, 4) is 0 Å². The van der Waals surface area contributed by atoms with Crippen LogP contribution >= 0.6 is 12.4 Å². The van der Waals surface area contributed by atoms with Crippen LogP contribution in [0.2, 0.25) is 0 Å². The maximum atomic E-state index is 14.2. The minimum Gasteiger partial charge on any atom is -0.280 e. The van der Waals surface area contributed by atoms with Crippen LogP contribution in [-0.4, -0.2) is 10.9 Å². The zero-order chi connectivity index (χ0) is 20.4. The summed E-state index contributed by atoms with van der Waals surface area (Å²) in [5.74, 6) is 0.121. The van der Waals surface area contributed by atoms with Gasteiger partial charge in [0.1, 0.15) is 0 Å². The van der Waals surface area contributed by atoms with Gasteiger partial charge in [-0.25, -0.2) is 0 Å². The number of halogens is 1. The molecule has 0 bridgehead atoms. The maximum Gasteiger partial charge on any atom is 0.242 e. The number of pyridine rings is 1. The summed E-state index contributed by atoms with van der Waals surface area (Å²) in [6, 6.07) is 32.5. The van der Waals surface area contributed by atoms with Crippen molar-refractivity contribution in [2.75, 3.05) is 4.90 Å². The van der Waals surface area contributed by atoms with Gasteiger partial charge in [-0.15, -0.1) is 12.4 Å². The van der Waals surface area contributed by atoms with E-state index >= 15 is 0 Å². The van der Waals surface area contributed by atoms with Crippen molar-refractivity contribution in [1.82, 2.24) is 4.98 Å². The second kappa shape index (κ2) is 8.75. The van der Waals surface area contributed by atoms with Crippen LogP contribution in [0.5, 0.6) is 0 Å². The van der Waals surface area contributed by atoms with Gasteiger partial charge >= 0.3 is 0 Å². The lowest BCUT2D eigenvalue weighted by Gasteiger charge is -2.29. The van der Waals surface area contributed by atoms with E-state index in [1.165, 1.54) is 0 Å². The van der Waals surface area contributed by atoms with Crippen LogP contribution in [0, 0.1) is 0 Å². The number of carbonyl (C=O) groups excluding carboxylic acids is 1. The highest BCUT2D eigenvalue weighted by atomic mass is 35.5. The van der Waals surface area contributed by atoms with Crippen LogP contribution in [0.15, 0.2) is 109 Å². The fourth-order valence-corrected chi connectivity index (χ4v) is 4.54. The fraction of sp³-hybridized carbons (Fsp3) is 0.111. The molecule has 5 rings (SSSR count). The van der Waals surface area contributed by atoms with E-state index in [1.54, 1.807) is 12.4 Å². The molecule has 0 aliphatic carbocycles. The van der Waals surface area contributed by atoms with Gasteiger partial charge in [-0.3, -0.25) is 14.7 Å². The number of amides is 1. The third kappa shape index (κ3) is 3.73. The van der Waals surface area contributed by atoms with Gasteiger partial charge in [-0.1, -0.05) is 66.7 Å². The van der Waals surface area contributed by atoms with Crippen molar-refractivity contribution in [2.24, 2.45) is 0 Å². The molecule has 0 saturated heterocycles. The standard InChI is InChI=1S/C27H22N2O.ClH/c30-26-27(19-21-9-3-1-4-10-21,20-22-15-17-28-18-16-22)24-13-7-8-14-25(24)29(26)23-11-5-2-6-12-23;/h1-18H,19-20H2;1H. The molecular weight excluding hydrogens is 404 g/mol. The second-order valence-electron chi connectivity index (χ2n) is 7.77. The van der Waals surface area contributed by atoms with Crippen LogP contribution in [0.4, 0.5) is 11.4 Å². The average Bonchev–Trinajstić information content (AvgIpc) is 3.04. The summed E-state index contributed by atoms with van der Waals surface area (Å²) in [6.45, 7) is 0. The Kier molecular flexibility index (Phi) is 5.88. The van der Waals surface area contributed by atoms with E-state index in [2.05, 4.69) is 29.2 Å². The number of benzene rings is 3. The number of hydrogen-bond acceptors (Lipinski definition) is 2. The Morgan fingerprint density at radius 1 is 0.677 bits per heavy atom. The number of aromatic nitrogens is 1. The molecule has 1 aliphatic heterocycles. The molecule has 3 aromatic carbocycles. The minimum absolute atomic E-state index is 0. The van der Waals surface area contributed by atoms with Crippen LogP contribution in [-0.2, 0) is 23.1 Å². The van der Waals surface area contributed by atoms with Crippen molar-refractivity contribution >= 4 is 29.7 Å². The first kappa shape index (κ1) is 20.8. The van der Waals surface area contributed by atoms with Gasteiger partial charge in [0.05, 0.1) is 11.1 Å². The summed E-state index contributed by atoms with van der Waals surface area (Å²) in [6.07, 6.45) is 4.87. The average molecular weight is 427 g/mol. The van der Waals surface area contributed by atoms with Gasteiger partial charge in [0, 0.05) is 18.1 Å². The number of fused-ring (bicyclic) bond motifs is 1. The summed E-state index contributed by atoms with van der Waals surface area (Å²) in [4.78, 5) is 20.2. The van der Waals surface area contributed by atoms with E-state index in [-0.39, 0.29) is 18.3 Å². The molecule has 0 saturated carbocycles. The maximum absolute atomic E-state index is 14.2. The Bertz CT molecular complexity index is 1120. The van der Waals surface area contributed by atoms with Gasteiger partial charge in [-0.2, -0.15) is 0 Å². The Hall–Kier alpha value is -3.43. The third-order valence-electron chi connectivity index (χ3n) is 5.89. The first-order valence-electron chi connectivity index (χ1n) is 10.2. The molecule has 1 unspecified atom stereocenters. The predicted molar refractivity (Wildman–Crippen MR) is 127 cm³/mol. The number of hydrogen-bond donors (Lipinski definition) is 0. The van der Waals surface area contributed by atoms with Crippen molar-refractivity contribution in [1.29, 1.82) is 0 Å². The monoisotopic (exact) mass is 426 g/mol. The molecular formula is C27H23ClN2O. The molecule has 154 valence electrons. The van der Waals surface area contributed by atoms with E-state index < -0.39 is 5.41 Å². The van der Waals surface area contributed by atoms with Gasteiger partial charge in [0.15, 0.2) is 0 Å². The molecule has 1 amide bonds. The number of para-hydroxylation sites is 2. The summed E-state index contributed by atoms with van der Waals surface area (Å²) in [7, 11) is 0. The first-order chi connectivity index (χ1) is 14.8. The van der Waals surface area contributed by atoms with Crippen molar-refractivity contribution in [3.63, 3.8) is 0 Å². The van der Waals surface area contributed by atoms with Crippen LogP contribution in [0.25, 0.3) is 0 Å². The van der Waals surface area contributed by atoms with Crippen LogP contribution in [0.1, 0.15) is 16.7 Å². The number of nitrogens with zero attached hydrogens (tertiary/aromatic N) is 2. The van der Waals surface area contributed by atoms with Gasteiger partial charge in [0.25, 0.3) is 0 Å². The minimum atomic E-state index is -0.671. The molecule has 0 fully saturated rings. The van der Waals surface area contributed by atoms with E-state index in [0.29, 0.717) is 12.8 Å². The molecule has 4 heteroatoms. The van der Waals surface area contributed by atoms with Gasteiger partial charge in [-0.05, 0) is 59.9 Å². The highest BCUT2D eigenvalue weighted by molar-refractivity contribution is 6.13. The lowest BCUT2D eigenvalue weighted by Crippen LogP contribution is -2.42. The SMILES string of the molecule is Cl.O=C1N(c2ccccc2)c2ccccc2C1(Cc1ccccc1)Cc1ccncc1. The van der Waals surface area contributed by atoms with E-state index in [9.17, 15) is 4.79 Å². The summed E-state index contributed by atoms with van der Waals surface area (Å²) >= 11 is 0. The van der Waals surface area contributed by atoms with Crippen molar-refractivity contribution in [3.05, 3.63) is 126 Å². The molecule has 0 radical (unpaired) electrons. The summed E-state index contributed by atoms with van der Waals surface area (Å²) in [5, 5.41) is 0. The molecule has 0 spiro atoms. The largest absolute Gasteiger partial charge is 0.280 e. The molecule has 1 aliphatic rings. The molecule has 1 atom stereocenters. The van der Waals surface area contributed by atoms with E-state index in [0.717, 1.165) is 28.1 Å². The Labute approximate surface area is 188 Å². The summed E-state index contributed by atoms with van der Waals surface area (Å²) in [5.41, 5.74) is 4.55. The Balaban J connectivity index is 0.00000231. The topological polar surface area (TPSA) is 33.2 Å². The Morgan fingerprint density at radius 3 is 1.90 bits per heavy atom. The highest BCUT2D eigenvalue weighted by Gasteiger charge is 2.51. The Morgan fingerprint density at radius 2 is 1.23 bits per heavy atom. The first-order valence-corrected chi connectivity index (χ1v) is 10.2. The number of anilines is 2. The predicted octanol–water partition coefficient (Wildman–Crippen LogP) is 5.90. The lowest BCUT2D eigenvalue weighted by molar-refractivity contribution is -0.122. The fourth-order valence-electron chi connectivity index (χ4n) is 4.54. The third-order valence-corrected chi connectivity index (χ3v) is 5.89. The molecule has 31 heavy (non-hydrogen) atoms. The molecule has 2 heterocycles. The molecule has 0 N–H and O–H groups in total. The normalized spacial score (nSPS) is 17.2. The second-order valence-corrected chi connectivity index (χ2v) is 7.77. The van der Waals surface area contributed by atoms with Crippen LogP contribution in [0.3, 0.4) is 0 Å². The number of carbonyl (C=O) groups is 1. The number of rotatable bonds is 5. The molecule has 4 aromatic rings. The zero-order valence-corrected chi connectivity index (χ0v) is 17.8. The van der Waals surface area contributed by atoms with Crippen molar-refractivity contribution < 1.29 is 4.79 Å². The van der Waals surface area contributed by atoms with E-state index in [4.69, 9.17) is 0 Å². The lowest BCUT2D eigenvalue weighted by atomic mass is 9.72.